The molecular formula is C15H16ClF3N2O4S. The molecule has 26 heavy (non-hydrogen) atoms. The van der Waals surface area contributed by atoms with Crippen molar-refractivity contribution in [3.63, 3.8) is 0 Å². The van der Waals surface area contributed by atoms with Crippen molar-refractivity contribution in [1.82, 2.24) is 9.62 Å². The van der Waals surface area contributed by atoms with Crippen LogP contribution in [-0.2, 0) is 14.8 Å². The third-order valence-corrected chi connectivity index (χ3v) is 6.82. The number of hydrogen-bond acceptors (Lipinski definition) is 4. The Kier molecular flexibility index (Phi) is 4.87. The summed E-state index contributed by atoms with van der Waals surface area (Å²) in [7, 11) is -4.00. The minimum Gasteiger partial charge on any atom is -0.404 e. The van der Waals surface area contributed by atoms with Gasteiger partial charge in [-0.15, -0.1) is 13.2 Å². The zero-order valence-corrected chi connectivity index (χ0v) is 15.0. The molecule has 1 aromatic rings. The summed E-state index contributed by atoms with van der Waals surface area (Å²) in [6, 6.07) is 2.80. The summed E-state index contributed by atoms with van der Waals surface area (Å²) in [6.07, 6.45) is -3.25. The number of nitrogens with one attached hydrogen (secondary N) is 1. The van der Waals surface area contributed by atoms with E-state index in [2.05, 4.69) is 10.1 Å². The van der Waals surface area contributed by atoms with E-state index in [1.165, 1.54) is 4.31 Å². The molecule has 0 saturated carbocycles. The number of benzene rings is 1. The number of amides is 1. The Hall–Kier alpha value is -1.52. The molecule has 0 radical (unpaired) electrons. The topological polar surface area (TPSA) is 75.7 Å². The van der Waals surface area contributed by atoms with Crippen LogP contribution in [0.3, 0.4) is 0 Å². The van der Waals surface area contributed by atoms with E-state index in [1.807, 2.05) is 0 Å². The Labute approximate surface area is 153 Å². The van der Waals surface area contributed by atoms with Crippen molar-refractivity contribution in [2.24, 2.45) is 5.41 Å². The van der Waals surface area contributed by atoms with Crippen LogP contribution in [0.2, 0.25) is 5.02 Å². The highest BCUT2D eigenvalue weighted by Crippen LogP contribution is 2.39. The van der Waals surface area contributed by atoms with Gasteiger partial charge in [-0.2, -0.15) is 4.31 Å². The Morgan fingerprint density at radius 3 is 2.58 bits per heavy atom. The van der Waals surface area contributed by atoms with Gasteiger partial charge < -0.3 is 10.1 Å². The summed E-state index contributed by atoms with van der Waals surface area (Å²) >= 11 is 5.75. The van der Waals surface area contributed by atoms with Crippen LogP contribution in [0.5, 0.6) is 5.75 Å². The maximum absolute atomic E-state index is 12.9. The zero-order chi connectivity index (χ0) is 19.2. The quantitative estimate of drug-likeness (QED) is 0.827. The van der Waals surface area contributed by atoms with Gasteiger partial charge in [0.05, 0.1) is 15.3 Å². The van der Waals surface area contributed by atoms with E-state index < -0.39 is 32.6 Å². The molecule has 1 unspecified atom stereocenters. The molecule has 1 amide bonds. The lowest BCUT2D eigenvalue weighted by molar-refractivity contribution is -0.274. The van der Waals surface area contributed by atoms with Crippen LogP contribution in [0.1, 0.15) is 19.3 Å². The number of piperidine rings is 1. The molecule has 1 aromatic carbocycles. The summed E-state index contributed by atoms with van der Waals surface area (Å²) in [4.78, 5) is 11.9. The molecule has 1 atom stereocenters. The fourth-order valence-electron chi connectivity index (χ4n) is 3.40. The Morgan fingerprint density at radius 2 is 2.00 bits per heavy atom. The first-order valence-electron chi connectivity index (χ1n) is 7.87. The Balaban J connectivity index is 1.86. The lowest BCUT2D eigenvalue weighted by atomic mass is 9.79. The first-order valence-corrected chi connectivity index (χ1v) is 9.69. The van der Waals surface area contributed by atoms with E-state index in [0.717, 1.165) is 18.2 Å². The monoisotopic (exact) mass is 412 g/mol. The lowest BCUT2D eigenvalue weighted by Crippen LogP contribution is -2.49. The predicted molar refractivity (Wildman–Crippen MR) is 86.2 cm³/mol. The molecule has 3 rings (SSSR count). The van der Waals surface area contributed by atoms with Gasteiger partial charge in [0.1, 0.15) is 5.75 Å². The van der Waals surface area contributed by atoms with E-state index in [0.29, 0.717) is 25.8 Å². The van der Waals surface area contributed by atoms with Crippen LogP contribution in [0.25, 0.3) is 0 Å². The van der Waals surface area contributed by atoms with Crippen molar-refractivity contribution < 1.29 is 31.1 Å². The molecule has 11 heteroatoms. The van der Waals surface area contributed by atoms with Crippen LogP contribution in [0, 0.1) is 5.41 Å². The summed E-state index contributed by atoms with van der Waals surface area (Å²) in [6.45, 7) is 0.775. The molecule has 2 saturated heterocycles. The van der Waals surface area contributed by atoms with Crippen LogP contribution in [0.4, 0.5) is 13.2 Å². The van der Waals surface area contributed by atoms with E-state index in [4.69, 9.17) is 11.6 Å². The Morgan fingerprint density at radius 1 is 1.27 bits per heavy atom. The Bertz CT molecular complexity index is 831. The van der Waals surface area contributed by atoms with Gasteiger partial charge in [0, 0.05) is 19.6 Å². The van der Waals surface area contributed by atoms with E-state index in [9.17, 15) is 26.4 Å². The highest BCUT2D eigenvalue weighted by molar-refractivity contribution is 7.89. The lowest BCUT2D eigenvalue weighted by Gasteiger charge is -2.37. The van der Waals surface area contributed by atoms with Gasteiger partial charge in [-0.1, -0.05) is 11.6 Å². The van der Waals surface area contributed by atoms with Crippen LogP contribution in [0.15, 0.2) is 23.1 Å². The first kappa shape index (κ1) is 19.2. The van der Waals surface area contributed by atoms with Crippen molar-refractivity contribution >= 4 is 27.5 Å². The average Bonchev–Trinajstić information content (AvgIpc) is 2.88. The van der Waals surface area contributed by atoms with Gasteiger partial charge in [-0.3, -0.25) is 4.79 Å². The normalized spacial score (nSPS) is 24.7. The number of carbonyl (C=O) groups is 1. The molecule has 2 heterocycles. The average molecular weight is 413 g/mol. The molecule has 1 spiro atoms. The minimum absolute atomic E-state index is 0.0413. The van der Waals surface area contributed by atoms with Crippen molar-refractivity contribution in [3.05, 3.63) is 23.2 Å². The fraction of sp³-hybridized carbons (Fsp3) is 0.533. The number of alkyl halides is 3. The van der Waals surface area contributed by atoms with Crippen LogP contribution >= 0.6 is 11.6 Å². The number of carbonyl (C=O) groups excluding carboxylic acids is 1. The smallest absolute Gasteiger partial charge is 0.404 e. The van der Waals surface area contributed by atoms with E-state index in [1.54, 1.807) is 0 Å². The van der Waals surface area contributed by atoms with Crippen LogP contribution in [-0.4, -0.2) is 44.6 Å². The largest absolute Gasteiger partial charge is 0.573 e. The van der Waals surface area contributed by atoms with Crippen molar-refractivity contribution in [1.29, 1.82) is 0 Å². The standard InChI is InChI=1S/C15H16ClF3N2O4S/c16-11-8-10(2-3-12(11)25-15(17,18)19)26(23,24)21-7-1-4-14(9-21)5-6-20-13(14)22/h2-3,8H,1,4-7,9H2,(H,20,22). The van der Waals surface area contributed by atoms with Gasteiger partial charge in [0.15, 0.2) is 0 Å². The fourth-order valence-corrected chi connectivity index (χ4v) is 5.27. The number of halogens is 4. The molecule has 1 N–H and O–H groups in total. The van der Waals surface area contributed by atoms with Gasteiger partial charge in [0.2, 0.25) is 15.9 Å². The van der Waals surface area contributed by atoms with Gasteiger partial charge >= 0.3 is 6.36 Å². The molecule has 0 aromatic heterocycles. The molecular weight excluding hydrogens is 397 g/mol. The molecule has 0 aliphatic carbocycles. The van der Waals surface area contributed by atoms with Crippen molar-refractivity contribution in [2.75, 3.05) is 19.6 Å². The summed E-state index contributed by atoms with van der Waals surface area (Å²) in [5.74, 6) is -0.840. The van der Waals surface area contributed by atoms with Gasteiger partial charge in [0.25, 0.3) is 0 Å². The van der Waals surface area contributed by atoms with Crippen LogP contribution < -0.4 is 10.1 Å². The molecule has 2 aliphatic heterocycles. The highest BCUT2D eigenvalue weighted by atomic mass is 35.5. The van der Waals surface area contributed by atoms with Gasteiger partial charge in [-0.05, 0) is 37.5 Å². The number of hydrogen-bond donors (Lipinski definition) is 1. The maximum Gasteiger partial charge on any atom is 0.573 e. The predicted octanol–water partition coefficient (Wildman–Crippen LogP) is 2.53. The number of nitrogens with zero attached hydrogens (tertiary/aromatic N) is 1. The molecule has 6 nitrogen and oxygen atoms in total. The number of rotatable bonds is 3. The summed E-state index contributed by atoms with van der Waals surface area (Å²) in [5, 5.41) is 2.26. The van der Waals surface area contributed by atoms with E-state index >= 15 is 0 Å². The molecule has 144 valence electrons. The first-order chi connectivity index (χ1) is 12.0. The van der Waals surface area contributed by atoms with E-state index in [-0.39, 0.29) is 23.9 Å². The zero-order valence-electron chi connectivity index (χ0n) is 13.5. The minimum atomic E-state index is -4.93. The number of sulfonamides is 1. The van der Waals surface area contributed by atoms with Crippen molar-refractivity contribution in [2.45, 2.75) is 30.5 Å². The van der Waals surface area contributed by atoms with Gasteiger partial charge in [-0.25, -0.2) is 8.42 Å². The molecule has 2 fully saturated rings. The third-order valence-electron chi connectivity index (χ3n) is 4.68. The summed E-state index contributed by atoms with van der Waals surface area (Å²) in [5.41, 5.74) is -0.742. The highest BCUT2D eigenvalue weighted by Gasteiger charge is 2.47. The number of ether oxygens (including phenoxy) is 1. The molecule has 0 bridgehead atoms. The second-order valence-electron chi connectivity index (χ2n) is 6.37. The van der Waals surface area contributed by atoms with Crippen molar-refractivity contribution in [3.8, 4) is 5.75 Å². The SMILES string of the molecule is O=C1NCCC12CCCN(S(=O)(=O)c1ccc(OC(F)(F)F)c(Cl)c1)C2. The second-order valence-corrected chi connectivity index (χ2v) is 8.71. The second kappa shape index (κ2) is 6.58. The third kappa shape index (κ3) is 3.63. The summed E-state index contributed by atoms with van der Waals surface area (Å²) < 4.78 is 67.6. The molecule has 2 aliphatic rings. The maximum atomic E-state index is 12.9.